The highest BCUT2D eigenvalue weighted by Crippen LogP contribution is 2.33. The topological polar surface area (TPSA) is 56.5 Å². The number of fused-ring (bicyclic) bond motifs is 1. The van der Waals surface area contributed by atoms with Gasteiger partial charge in [0, 0.05) is 12.5 Å². The van der Waals surface area contributed by atoms with E-state index in [0.717, 1.165) is 42.9 Å². The molecule has 0 amide bonds. The number of hydrazine groups is 1. The van der Waals surface area contributed by atoms with E-state index >= 15 is 0 Å². The summed E-state index contributed by atoms with van der Waals surface area (Å²) in [5, 5.41) is 0. The molecule has 1 unspecified atom stereocenters. The van der Waals surface area contributed by atoms with Crippen molar-refractivity contribution in [3.63, 3.8) is 0 Å². The van der Waals surface area contributed by atoms with Crippen molar-refractivity contribution in [3.05, 3.63) is 23.8 Å². The van der Waals surface area contributed by atoms with Gasteiger partial charge in [0.2, 0.25) is 0 Å². The van der Waals surface area contributed by atoms with E-state index in [-0.39, 0.29) is 6.04 Å². The van der Waals surface area contributed by atoms with Gasteiger partial charge in [0.15, 0.2) is 11.5 Å². The first-order valence-electron chi connectivity index (χ1n) is 6.71. The Balaban J connectivity index is 2.15. The van der Waals surface area contributed by atoms with Crippen LogP contribution in [0.25, 0.3) is 0 Å². The molecule has 0 spiro atoms. The van der Waals surface area contributed by atoms with Crippen molar-refractivity contribution < 1.29 is 9.47 Å². The van der Waals surface area contributed by atoms with E-state index in [2.05, 4.69) is 18.4 Å². The lowest BCUT2D eigenvalue weighted by Gasteiger charge is -2.17. The van der Waals surface area contributed by atoms with Gasteiger partial charge in [-0.05, 0) is 24.1 Å². The molecule has 1 aliphatic rings. The second kappa shape index (κ2) is 6.61. The van der Waals surface area contributed by atoms with Crippen molar-refractivity contribution in [2.45, 2.75) is 38.6 Å². The molecular formula is C14H22N2O2. The molecule has 1 atom stereocenters. The van der Waals surface area contributed by atoms with Gasteiger partial charge < -0.3 is 9.47 Å². The predicted octanol–water partition coefficient (Wildman–Crippen LogP) is 2.54. The summed E-state index contributed by atoms with van der Waals surface area (Å²) in [6.07, 6.45) is 4.29. The van der Waals surface area contributed by atoms with E-state index in [0.29, 0.717) is 6.61 Å². The molecule has 2 rings (SSSR count). The maximum atomic E-state index is 5.69. The van der Waals surface area contributed by atoms with Gasteiger partial charge in [0.05, 0.1) is 13.2 Å². The summed E-state index contributed by atoms with van der Waals surface area (Å²) >= 11 is 0. The van der Waals surface area contributed by atoms with Crippen molar-refractivity contribution >= 4 is 0 Å². The van der Waals surface area contributed by atoms with Crippen LogP contribution in [0.1, 0.15) is 44.2 Å². The summed E-state index contributed by atoms with van der Waals surface area (Å²) in [5.41, 5.74) is 4.04. The van der Waals surface area contributed by atoms with Crippen molar-refractivity contribution in [1.29, 1.82) is 0 Å². The molecule has 1 aliphatic heterocycles. The van der Waals surface area contributed by atoms with Crippen LogP contribution in [0, 0.1) is 0 Å². The van der Waals surface area contributed by atoms with Gasteiger partial charge in [-0.2, -0.15) is 0 Å². The van der Waals surface area contributed by atoms with Gasteiger partial charge in [0.25, 0.3) is 0 Å². The van der Waals surface area contributed by atoms with E-state index in [1.54, 1.807) is 0 Å². The number of hydrogen-bond donors (Lipinski definition) is 2. The Hall–Kier alpha value is -1.26. The molecule has 100 valence electrons. The van der Waals surface area contributed by atoms with E-state index in [9.17, 15) is 0 Å². The number of nitrogens with two attached hydrogens (primary N) is 1. The number of ether oxygens (including phenoxy) is 2. The SMILES string of the molecule is CCCCC(NN)c1ccc2c(c1)OCCCO2. The Labute approximate surface area is 108 Å². The maximum absolute atomic E-state index is 5.69. The average molecular weight is 250 g/mol. The molecule has 0 fully saturated rings. The molecule has 1 aromatic carbocycles. The van der Waals surface area contributed by atoms with Crippen LogP contribution in [-0.2, 0) is 0 Å². The largest absolute Gasteiger partial charge is 0.490 e. The standard InChI is InChI=1S/C14H22N2O2/c1-2-3-5-12(16-15)11-6-7-13-14(10-11)18-9-4-8-17-13/h6-7,10,12,16H,2-5,8-9,15H2,1H3. The van der Waals surface area contributed by atoms with Crippen molar-refractivity contribution in [1.82, 2.24) is 5.43 Å². The molecule has 0 radical (unpaired) electrons. The van der Waals surface area contributed by atoms with Crippen LogP contribution in [0.2, 0.25) is 0 Å². The summed E-state index contributed by atoms with van der Waals surface area (Å²) < 4.78 is 11.3. The number of rotatable bonds is 5. The average Bonchev–Trinajstić information content (AvgIpc) is 2.64. The summed E-state index contributed by atoms with van der Waals surface area (Å²) in [6, 6.07) is 6.27. The highest BCUT2D eigenvalue weighted by molar-refractivity contribution is 5.44. The van der Waals surface area contributed by atoms with Crippen LogP contribution in [0.4, 0.5) is 0 Å². The quantitative estimate of drug-likeness (QED) is 0.623. The Kier molecular flexibility index (Phi) is 4.84. The lowest BCUT2D eigenvalue weighted by molar-refractivity contribution is 0.297. The zero-order chi connectivity index (χ0) is 12.8. The lowest BCUT2D eigenvalue weighted by Crippen LogP contribution is -2.27. The fourth-order valence-corrected chi connectivity index (χ4v) is 2.15. The van der Waals surface area contributed by atoms with Gasteiger partial charge in [-0.25, -0.2) is 0 Å². The van der Waals surface area contributed by atoms with E-state index in [1.807, 2.05) is 12.1 Å². The highest BCUT2D eigenvalue weighted by Gasteiger charge is 2.15. The third-order valence-corrected chi connectivity index (χ3v) is 3.22. The zero-order valence-corrected chi connectivity index (χ0v) is 10.9. The van der Waals surface area contributed by atoms with E-state index < -0.39 is 0 Å². The molecule has 1 aromatic rings. The Morgan fingerprint density at radius 3 is 2.78 bits per heavy atom. The maximum Gasteiger partial charge on any atom is 0.161 e. The van der Waals surface area contributed by atoms with Crippen LogP contribution in [-0.4, -0.2) is 13.2 Å². The summed E-state index contributed by atoms with van der Waals surface area (Å²) in [5.74, 6) is 7.30. The van der Waals surface area contributed by atoms with Gasteiger partial charge in [-0.15, -0.1) is 0 Å². The monoisotopic (exact) mass is 250 g/mol. The first kappa shape index (κ1) is 13.2. The fraction of sp³-hybridized carbons (Fsp3) is 0.571. The third-order valence-electron chi connectivity index (χ3n) is 3.22. The summed E-state index contributed by atoms with van der Waals surface area (Å²) in [4.78, 5) is 0. The van der Waals surface area contributed by atoms with Gasteiger partial charge >= 0.3 is 0 Å². The molecule has 4 heteroatoms. The summed E-state index contributed by atoms with van der Waals surface area (Å²) in [6.45, 7) is 3.62. The lowest BCUT2D eigenvalue weighted by atomic mass is 10.0. The Bertz CT molecular complexity index is 382. The van der Waals surface area contributed by atoms with Crippen molar-refractivity contribution in [2.75, 3.05) is 13.2 Å². The third kappa shape index (κ3) is 3.15. The van der Waals surface area contributed by atoms with Crippen LogP contribution < -0.4 is 20.7 Å². The van der Waals surface area contributed by atoms with Crippen molar-refractivity contribution in [2.24, 2.45) is 5.84 Å². The predicted molar refractivity (Wildman–Crippen MR) is 71.6 cm³/mol. The van der Waals surface area contributed by atoms with Crippen molar-refractivity contribution in [3.8, 4) is 11.5 Å². The van der Waals surface area contributed by atoms with E-state index in [4.69, 9.17) is 15.3 Å². The fourth-order valence-electron chi connectivity index (χ4n) is 2.15. The number of nitrogens with one attached hydrogen (secondary N) is 1. The molecule has 0 saturated carbocycles. The molecule has 0 aliphatic carbocycles. The smallest absolute Gasteiger partial charge is 0.161 e. The molecular weight excluding hydrogens is 228 g/mol. The molecule has 0 bridgehead atoms. The number of hydrogen-bond acceptors (Lipinski definition) is 4. The van der Waals surface area contributed by atoms with Crippen LogP contribution >= 0.6 is 0 Å². The minimum Gasteiger partial charge on any atom is -0.490 e. The number of unbranched alkanes of at least 4 members (excludes halogenated alkanes) is 1. The van der Waals surface area contributed by atoms with E-state index in [1.165, 1.54) is 6.42 Å². The minimum absolute atomic E-state index is 0.183. The molecule has 4 nitrogen and oxygen atoms in total. The van der Waals surface area contributed by atoms with Crippen LogP contribution in [0.15, 0.2) is 18.2 Å². The first-order valence-corrected chi connectivity index (χ1v) is 6.71. The zero-order valence-electron chi connectivity index (χ0n) is 10.9. The Morgan fingerprint density at radius 1 is 1.28 bits per heavy atom. The van der Waals surface area contributed by atoms with Gasteiger partial charge in [-0.1, -0.05) is 25.8 Å². The normalized spacial score (nSPS) is 16.1. The van der Waals surface area contributed by atoms with Crippen LogP contribution in [0.3, 0.4) is 0 Å². The molecule has 3 N–H and O–H groups in total. The van der Waals surface area contributed by atoms with Crippen LogP contribution in [0.5, 0.6) is 11.5 Å². The molecule has 0 saturated heterocycles. The van der Waals surface area contributed by atoms with Gasteiger partial charge in [-0.3, -0.25) is 11.3 Å². The molecule has 0 aromatic heterocycles. The Morgan fingerprint density at radius 2 is 2.06 bits per heavy atom. The second-order valence-electron chi connectivity index (χ2n) is 4.62. The molecule has 1 heterocycles. The summed E-state index contributed by atoms with van der Waals surface area (Å²) in [7, 11) is 0. The molecule has 18 heavy (non-hydrogen) atoms. The first-order chi connectivity index (χ1) is 8.85. The highest BCUT2D eigenvalue weighted by atomic mass is 16.5. The second-order valence-corrected chi connectivity index (χ2v) is 4.62. The van der Waals surface area contributed by atoms with Gasteiger partial charge in [0.1, 0.15) is 0 Å². The minimum atomic E-state index is 0.183. The number of benzene rings is 1.